The molecular formula is C9H19NO4S. The van der Waals surface area contributed by atoms with Crippen LogP contribution >= 0.6 is 11.8 Å². The molecule has 0 aliphatic rings. The van der Waals surface area contributed by atoms with Crippen molar-refractivity contribution in [3.8, 4) is 0 Å². The number of carboxylic acid groups (broad SMARTS) is 1. The molecule has 0 aromatic heterocycles. The molecule has 6 heteroatoms. The minimum absolute atomic E-state index is 0.0105. The van der Waals surface area contributed by atoms with E-state index in [2.05, 4.69) is 5.32 Å². The highest BCUT2D eigenvalue weighted by molar-refractivity contribution is 7.99. The topological polar surface area (TPSA) is 78.8 Å². The van der Waals surface area contributed by atoms with Crippen molar-refractivity contribution in [1.29, 1.82) is 0 Å². The Kier molecular flexibility index (Phi) is 7.76. The molecule has 5 nitrogen and oxygen atoms in total. The predicted molar refractivity (Wildman–Crippen MR) is 60.3 cm³/mol. The van der Waals surface area contributed by atoms with Gasteiger partial charge in [-0.1, -0.05) is 0 Å². The molecule has 0 aliphatic heterocycles. The number of aliphatic hydroxyl groups excluding tert-OH is 1. The quantitative estimate of drug-likeness (QED) is 0.542. The number of aliphatic hydroxyl groups is 1. The lowest BCUT2D eigenvalue weighted by Crippen LogP contribution is -2.49. The molecule has 0 spiro atoms. The zero-order chi connectivity index (χ0) is 11.8. The monoisotopic (exact) mass is 237 g/mol. The minimum Gasteiger partial charge on any atom is -0.480 e. The Morgan fingerprint density at radius 1 is 1.60 bits per heavy atom. The van der Waals surface area contributed by atoms with E-state index in [1.165, 1.54) is 18.9 Å². The average Bonchev–Trinajstić information content (AvgIpc) is 2.18. The van der Waals surface area contributed by atoms with Crippen LogP contribution in [0.2, 0.25) is 0 Å². The van der Waals surface area contributed by atoms with Gasteiger partial charge in [-0.3, -0.25) is 10.1 Å². The molecule has 0 amide bonds. The summed E-state index contributed by atoms with van der Waals surface area (Å²) in [7, 11) is 1.46. The van der Waals surface area contributed by atoms with E-state index in [-0.39, 0.29) is 24.5 Å². The molecule has 0 rings (SSSR count). The number of methoxy groups -OCH3 is 1. The van der Waals surface area contributed by atoms with E-state index in [4.69, 9.17) is 14.9 Å². The molecule has 0 aromatic rings. The molecule has 0 bridgehead atoms. The largest absolute Gasteiger partial charge is 0.480 e. The molecule has 3 unspecified atom stereocenters. The van der Waals surface area contributed by atoms with Gasteiger partial charge in [-0.25, -0.2) is 0 Å². The van der Waals surface area contributed by atoms with E-state index in [9.17, 15) is 4.79 Å². The van der Waals surface area contributed by atoms with Gasteiger partial charge in [0.1, 0.15) is 6.04 Å². The van der Waals surface area contributed by atoms with Gasteiger partial charge in [0.25, 0.3) is 0 Å². The predicted octanol–water partition coefficient (Wildman–Crippen LogP) is -0.212. The van der Waals surface area contributed by atoms with Crippen molar-refractivity contribution >= 4 is 17.7 Å². The second kappa shape index (κ2) is 7.92. The molecule has 0 fully saturated rings. The van der Waals surface area contributed by atoms with Crippen LogP contribution in [0, 0.1) is 0 Å². The molecule has 0 aliphatic carbocycles. The molecule has 0 saturated heterocycles. The smallest absolute Gasteiger partial charge is 0.323 e. The van der Waals surface area contributed by atoms with Crippen LogP contribution in [0.4, 0.5) is 0 Å². The van der Waals surface area contributed by atoms with Gasteiger partial charge in [0.15, 0.2) is 0 Å². The number of thioether (sulfide) groups is 1. The van der Waals surface area contributed by atoms with Gasteiger partial charge in [0, 0.05) is 18.4 Å². The Balaban J connectivity index is 4.20. The Labute approximate surface area is 94.2 Å². The fourth-order valence-electron chi connectivity index (χ4n) is 1.22. The fraction of sp³-hybridized carbons (Fsp3) is 0.889. The third-order valence-corrected chi connectivity index (χ3v) is 3.30. The zero-order valence-electron chi connectivity index (χ0n) is 9.27. The number of ether oxygens (including phenoxy) is 1. The highest BCUT2D eigenvalue weighted by Gasteiger charge is 2.23. The lowest BCUT2D eigenvalue weighted by atomic mass is 10.2. The van der Waals surface area contributed by atoms with Crippen molar-refractivity contribution in [2.75, 3.05) is 26.6 Å². The summed E-state index contributed by atoms with van der Waals surface area (Å²) in [5.41, 5.74) is 0. The first-order valence-electron chi connectivity index (χ1n) is 4.68. The third kappa shape index (κ3) is 5.36. The molecule has 0 heterocycles. The summed E-state index contributed by atoms with van der Waals surface area (Å²) in [6.45, 7) is 1.99. The molecule has 15 heavy (non-hydrogen) atoms. The summed E-state index contributed by atoms with van der Waals surface area (Å²) < 4.78 is 4.80. The Morgan fingerprint density at radius 3 is 2.53 bits per heavy atom. The van der Waals surface area contributed by atoms with Crippen LogP contribution in [0.5, 0.6) is 0 Å². The van der Waals surface area contributed by atoms with E-state index in [1.807, 2.05) is 13.2 Å². The summed E-state index contributed by atoms with van der Waals surface area (Å²) in [6, 6.07) is -0.813. The van der Waals surface area contributed by atoms with Gasteiger partial charge in [0.05, 0.1) is 13.2 Å². The van der Waals surface area contributed by atoms with Crippen molar-refractivity contribution in [3.63, 3.8) is 0 Å². The molecule has 0 radical (unpaired) electrons. The molecule has 3 N–H and O–H groups in total. The number of aliphatic carboxylic acids is 1. The van der Waals surface area contributed by atoms with Crippen molar-refractivity contribution in [2.45, 2.75) is 24.3 Å². The number of rotatable bonds is 8. The van der Waals surface area contributed by atoms with Crippen LogP contribution in [0.1, 0.15) is 6.92 Å². The lowest BCUT2D eigenvalue weighted by Gasteiger charge is -2.24. The van der Waals surface area contributed by atoms with Crippen molar-refractivity contribution in [3.05, 3.63) is 0 Å². The number of hydrogen-bond donors (Lipinski definition) is 3. The fourth-order valence-corrected chi connectivity index (χ4v) is 1.85. The van der Waals surface area contributed by atoms with Crippen molar-refractivity contribution in [1.82, 2.24) is 5.32 Å². The maximum absolute atomic E-state index is 10.8. The number of nitrogens with one attached hydrogen (secondary N) is 1. The van der Waals surface area contributed by atoms with Gasteiger partial charge < -0.3 is 14.9 Å². The first-order valence-corrected chi connectivity index (χ1v) is 5.97. The first kappa shape index (κ1) is 14.7. The summed E-state index contributed by atoms with van der Waals surface area (Å²) >= 11 is 1.50. The normalized spacial score (nSPS) is 17.1. The second-order valence-electron chi connectivity index (χ2n) is 3.26. The van der Waals surface area contributed by atoms with Gasteiger partial charge >= 0.3 is 5.97 Å². The molecule has 3 atom stereocenters. The highest BCUT2D eigenvalue weighted by Crippen LogP contribution is 2.10. The van der Waals surface area contributed by atoms with Crippen molar-refractivity contribution < 1.29 is 19.7 Å². The second-order valence-corrected chi connectivity index (χ2v) is 4.34. The summed E-state index contributed by atoms with van der Waals surface area (Å²) in [5.74, 6) is -0.943. The van der Waals surface area contributed by atoms with E-state index in [1.54, 1.807) is 0 Å². The highest BCUT2D eigenvalue weighted by atomic mass is 32.2. The van der Waals surface area contributed by atoms with Crippen LogP contribution in [-0.2, 0) is 9.53 Å². The van der Waals surface area contributed by atoms with Crippen molar-refractivity contribution in [2.24, 2.45) is 0 Å². The van der Waals surface area contributed by atoms with Gasteiger partial charge in [0.2, 0.25) is 0 Å². The van der Waals surface area contributed by atoms with Gasteiger partial charge in [-0.2, -0.15) is 11.8 Å². The SMILES string of the molecule is COCC(NC(C)C(CO)SC)C(=O)O. The van der Waals surface area contributed by atoms with Gasteiger partial charge in [-0.05, 0) is 13.2 Å². The molecule has 90 valence electrons. The summed E-state index contributed by atoms with van der Waals surface area (Å²) in [4.78, 5) is 10.8. The molecular weight excluding hydrogens is 218 g/mol. The summed E-state index contributed by atoms with van der Waals surface area (Å²) in [5, 5.41) is 20.8. The molecule has 0 saturated carbocycles. The lowest BCUT2D eigenvalue weighted by molar-refractivity contribution is -0.141. The number of carbonyl (C=O) groups is 1. The number of hydrogen-bond acceptors (Lipinski definition) is 5. The van der Waals surface area contributed by atoms with Crippen LogP contribution in [0.3, 0.4) is 0 Å². The molecule has 0 aromatic carbocycles. The standard InChI is InChI=1S/C9H19NO4S/c1-6(8(4-11)15-3)10-7(5-14-2)9(12)13/h6-8,10-11H,4-5H2,1-3H3,(H,12,13). The van der Waals surface area contributed by atoms with E-state index >= 15 is 0 Å². The maximum Gasteiger partial charge on any atom is 0.323 e. The van der Waals surface area contributed by atoms with Gasteiger partial charge in [-0.15, -0.1) is 0 Å². The van der Waals surface area contributed by atoms with E-state index in [0.29, 0.717) is 0 Å². The van der Waals surface area contributed by atoms with Crippen LogP contribution in [-0.4, -0.2) is 60.1 Å². The number of carboxylic acids is 1. The van der Waals surface area contributed by atoms with Crippen LogP contribution in [0.15, 0.2) is 0 Å². The van der Waals surface area contributed by atoms with Crippen LogP contribution in [0.25, 0.3) is 0 Å². The Hall–Kier alpha value is -0.300. The zero-order valence-corrected chi connectivity index (χ0v) is 10.1. The summed E-state index contributed by atoms with van der Waals surface area (Å²) in [6.07, 6.45) is 1.88. The minimum atomic E-state index is -0.943. The van der Waals surface area contributed by atoms with E-state index < -0.39 is 12.0 Å². The van der Waals surface area contributed by atoms with Crippen LogP contribution < -0.4 is 5.32 Å². The van der Waals surface area contributed by atoms with E-state index in [0.717, 1.165) is 0 Å². The third-order valence-electron chi connectivity index (χ3n) is 2.14. The maximum atomic E-state index is 10.8. The Morgan fingerprint density at radius 2 is 2.20 bits per heavy atom. The average molecular weight is 237 g/mol. The Bertz CT molecular complexity index is 187. The first-order chi connectivity index (χ1) is 7.06.